The zero-order valence-corrected chi connectivity index (χ0v) is 12.8. The van der Waals surface area contributed by atoms with Crippen LogP contribution in [0.4, 0.5) is 0 Å². The van der Waals surface area contributed by atoms with E-state index in [0.717, 1.165) is 36.1 Å². The van der Waals surface area contributed by atoms with Crippen molar-refractivity contribution in [2.45, 2.75) is 12.8 Å². The van der Waals surface area contributed by atoms with E-state index in [1.165, 1.54) is 12.8 Å². The SMILES string of the molecule is CN1CCC(CN(C)C(=O)c2cccc3[nH]ccc23)CC1. The van der Waals surface area contributed by atoms with Crippen LogP contribution in [-0.4, -0.2) is 54.4 Å². The Morgan fingerprint density at radius 3 is 2.86 bits per heavy atom. The van der Waals surface area contributed by atoms with Gasteiger partial charge in [-0.25, -0.2) is 0 Å². The number of aromatic amines is 1. The summed E-state index contributed by atoms with van der Waals surface area (Å²) >= 11 is 0. The highest BCUT2D eigenvalue weighted by Crippen LogP contribution is 2.21. The second-order valence-electron chi connectivity index (χ2n) is 6.18. The summed E-state index contributed by atoms with van der Waals surface area (Å²) in [7, 11) is 4.09. The van der Waals surface area contributed by atoms with E-state index in [1.54, 1.807) is 0 Å². The Labute approximate surface area is 125 Å². The zero-order chi connectivity index (χ0) is 14.8. The van der Waals surface area contributed by atoms with E-state index < -0.39 is 0 Å². The number of nitrogens with zero attached hydrogens (tertiary/aromatic N) is 2. The first-order valence-corrected chi connectivity index (χ1v) is 7.65. The van der Waals surface area contributed by atoms with Crippen molar-refractivity contribution in [2.75, 3.05) is 33.7 Å². The number of hydrogen-bond donors (Lipinski definition) is 1. The fourth-order valence-electron chi connectivity index (χ4n) is 3.19. The van der Waals surface area contributed by atoms with Gasteiger partial charge in [-0.05, 0) is 57.1 Å². The monoisotopic (exact) mass is 285 g/mol. The van der Waals surface area contributed by atoms with E-state index in [1.807, 2.05) is 42.4 Å². The number of amides is 1. The second kappa shape index (κ2) is 5.90. The third-order valence-corrected chi connectivity index (χ3v) is 4.54. The van der Waals surface area contributed by atoms with Gasteiger partial charge in [0.25, 0.3) is 5.91 Å². The molecule has 21 heavy (non-hydrogen) atoms. The molecule has 1 aliphatic rings. The van der Waals surface area contributed by atoms with E-state index in [0.29, 0.717) is 5.92 Å². The predicted molar refractivity (Wildman–Crippen MR) is 85.5 cm³/mol. The zero-order valence-electron chi connectivity index (χ0n) is 12.8. The van der Waals surface area contributed by atoms with Crippen LogP contribution < -0.4 is 0 Å². The largest absolute Gasteiger partial charge is 0.361 e. The average molecular weight is 285 g/mol. The van der Waals surface area contributed by atoms with Gasteiger partial charge >= 0.3 is 0 Å². The molecule has 0 atom stereocenters. The van der Waals surface area contributed by atoms with E-state index in [-0.39, 0.29) is 5.91 Å². The van der Waals surface area contributed by atoms with Crippen molar-refractivity contribution < 1.29 is 4.79 Å². The molecule has 4 heteroatoms. The van der Waals surface area contributed by atoms with Gasteiger partial charge in [-0.1, -0.05) is 6.07 Å². The van der Waals surface area contributed by atoms with Gasteiger partial charge in [-0.3, -0.25) is 4.79 Å². The molecule has 2 aromatic rings. The topological polar surface area (TPSA) is 39.3 Å². The number of piperidine rings is 1. The van der Waals surface area contributed by atoms with Crippen LogP contribution in [0.1, 0.15) is 23.2 Å². The predicted octanol–water partition coefficient (Wildman–Crippen LogP) is 2.58. The summed E-state index contributed by atoms with van der Waals surface area (Å²) in [5.74, 6) is 0.750. The minimum absolute atomic E-state index is 0.124. The van der Waals surface area contributed by atoms with Crippen molar-refractivity contribution in [1.29, 1.82) is 0 Å². The lowest BCUT2D eigenvalue weighted by Crippen LogP contribution is -2.38. The standard InChI is InChI=1S/C17H23N3O/c1-19-10-7-13(8-11-19)12-20(2)17(21)15-4-3-5-16-14(15)6-9-18-16/h3-6,9,13,18H,7-8,10-12H2,1-2H3. The highest BCUT2D eigenvalue weighted by Gasteiger charge is 2.21. The molecule has 1 aliphatic heterocycles. The van der Waals surface area contributed by atoms with E-state index in [9.17, 15) is 4.79 Å². The number of carbonyl (C=O) groups is 1. The molecule has 4 nitrogen and oxygen atoms in total. The van der Waals surface area contributed by atoms with Gasteiger partial charge in [0.1, 0.15) is 0 Å². The number of fused-ring (bicyclic) bond motifs is 1. The van der Waals surface area contributed by atoms with Crippen molar-refractivity contribution in [1.82, 2.24) is 14.8 Å². The summed E-state index contributed by atoms with van der Waals surface area (Å²) in [4.78, 5) is 20.1. The quantitative estimate of drug-likeness (QED) is 0.941. The molecule has 0 saturated carbocycles. The van der Waals surface area contributed by atoms with Crippen molar-refractivity contribution in [3.8, 4) is 0 Å². The maximum Gasteiger partial charge on any atom is 0.254 e. The molecule has 0 spiro atoms. The molecule has 0 unspecified atom stereocenters. The molecule has 3 rings (SSSR count). The van der Waals surface area contributed by atoms with Gasteiger partial charge in [0.15, 0.2) is 0 Å². The summed E-state index contributed by atoms with van der Waals surface area (Å²) in [5, 5.41) is 1.01. The fraction of sp³-hybridized carbons (Fsp3) is 0.471. The lowest BCUT2D eigenvalue weighted by atomic mass is 9.96. The van der Waals surface area contributed by atoms with Gasteiger partial charge < -0.3 is 14.8 Å². The Balaban J connectivity index is 1.71. The Kier molecular flexibility index (Phi) is 3.97. The summed E-state index contributed by atoms with van der Waals surface area (Å²) in [6.45, 7) is 3.13. The lowest BCUT2D eigenvalue weighted by Gasteiger charge is -2.31. The first kappa shape index (κ1) is 14.1. The van der Waals surface area contributed by atoms with Gasteiger partial charge in [0, 0.05) is 36.3 Å². The molecule has 1 N–H and O–H groups in total. The minimum atomic E-state index is 0.124. The third-order valence-electron chi connectivity index (χ3n) is 4.54. The molecule has 0 aliphatic carbocycles. The number of benzene rings is 1. The van der Waals surface area contributed by atoms with E-state index >= 15 is 0 Å². The Morgan fingerprint density at radius 2 is 2.10 bits per heavy atom. The van der Waals surface area contributed by atoms with Crippen molar-refractivity contribution >= 4 is 16.8 Å². The van der Waals surface area contributed by atoms with Crippen molar-refractivity contribution in [3.05, 3.63) is 36.0 Å². The maximum absolute atomic E-state index is 12.7. The number of aromatic nitrogens is 1. The average Bonchev–Trinajstić information content (AvgIpc) is 2.97. The number of H-pyrrole nitrogens is 1. The van der Waals surface area contributed by atoms with Gasteiger partial charge in [-0.15, -0.1) is 0 Å². The van der Waals surface area contributed by atoms with Crippen molar-refractivity contribution in [3.63, 3.8) is 0 Å². The van der Waals surface area contributed by atoms with Crippen LogP contribution in [0.15, 0.2) is 30.5 Å². The molecule has 1 fully saturated rings. The molecule has 0 bridgehead atoms. The van der Waals surface area contributed by atoms with Crippen LogP contribution >= 0.6 is 0 Å². The number of rotatable bonds is 3. The van der Waals surface area contributed by atoms with Crippen LogP contribution in [0, 0.1) is 5.92 Å². The van der Waals surface area contributed by atoms with E-state index in [4.69, 9.17) is 0 Å². The molecule has 0 radical (unpaired) electrons. The van der Waals surface area contributed by atoms with Gasteiger partial charge in [0.05, 0.1) is 0 Å². The normalized spacial score (nSPS) is 17.2. The number of hydrogen-bond acceptors (Lipinski definition) is 2. The van der Waals surface area contributed by atoms with E-state index in [2.05, 4.69) is 16.9 Å². The van der Waals surface area contributed by atoms with Crippen LogP contribution in [-0.2, 0) is 0 Å². The molecule has 112 valence electrons. The molecule has 1 amide bonds. The molecular formula is C17H23N3O. The second-order valence-corrected chi connectivity index (χ2v) is 6.18. The number of nitrogens with one attached hydrogen (secondary N) is 1. The summed E-state index contributed by atoms with van der Waals surface area (Å²) < 4.78 is 0. The van der Waals surface area contributed by atoms with Crippen LogP contribution in [0.5, 0.6) is 0 Å². The molecule has 1 saturated heterocycles. The van der Waals surface area contributed by atoms with Crippen LogP contribution in [0.25, 0.3) is 10.9 Å². The molecule has 2 heterocycles. The Morgan fingerprint density at radius 1 is 1.33 bits per heavy atom. The highest BCUT2D eigenvalue weighted by molar-refractivity contribution is 6.06. The number of likely N-dealkylation sites (tertiary alicyclic amines) is 1. The molecule has 1 aromatic heterocycles. The first-order chi connectivity index (χ1) is 10.1. The lowest BCUT2D eigenvalue weighted by molar-refractivity contribution is 0.0749. The van der Waals surface area contributed by atoms with Gasteiger partial charge in [0.2, 0.25) is 0 Å². The summed E-state index contributed by atoms with van der Waals surface area (Å²) in [6, 6.07) is 7.84. The highest BCUT2D eigenvalue weighted by atomic mass is 16.2. The minimum Gasteiger partial charge on any atom is -0.361 e. The number of carbonyl (C=O) groups excluding carboxylic acids is 1. The summed E-state index contributed by atoms with van der Waals surface area (Å²) in [5.41, 5.74) is 1.82. The molecular weight excluding hydrogens is 262 g/mol. The van der Waals surface area contributed by atoms with Crippen molar-refractivity contribution in [2.24, 2.45) is 5.92 Å². The van der Waals surface area contributed by atoms with Gasteiger partial charge in [-0.2, -0.15) is 0 Å². The smallest absolute Gasteiger partial charge is 0.254 e. The molecule has 1 aromatic carbocycles. The maximum atomic E-state index is 12.7. The van der Waals surface area contributed by atoms with Crippen LogP contribution in [0.2, 0.25) is 0 Å². The Hall–Kier alpha value is -1.81. The third kappa shape index (κ3) is 2.95. The first-order valence-electron chi connectivity index (χ1n) is 7.65. The van der Waals surface area contributed by atoms with Crippen LogP contribution in [0.3, 0.4) is 0 Å². The fourth-order valence-corrected chi connectivity index (χ4v) is 3.19. The Bertz CT molecular complexity index is 626. The summed E-state index contributed by atoms with van der Waals surface area (Å²) in [6.07, 6.45) is 4.25.